The van der Waals surface area contributed by atoms with Crippen LogP contribution in [-0.4, -0.2) is 31.4 Å². The largest absolute Gasteiger partial charge is 0.375 e. The molecule has 2 heterocycles. The van der Waals surface area contributed by atoms with Crippen molar-refractivity contribution in [3.8, 4) is 5.69 Å². The number of nitrogens with zero attached hydrogens (tertiary/aromatic N) is 4. The summed E-state index contributed by atoms with van der Waals surface area (Å²) in [7, 11) is 0. The van der Waals surface area contributed by atoms with Crippen molar-refractivity contribution in [3.63, 3.8) is 0 Å². The van der Waals surface area contributed by atoms with Crippen molar-refractivity contribution in [2.45, 2.75) is 31.5 Å². The Morgan fingerprint density at radius 1 is 1.09 bits per heavy atom. The molecular formula is C23H24N6OS2. The van der Waals surface area contributed by atoms with Crippen LogP contribution in [0.3, 0.4) is 0 Å². The fourth-order valence-electron chi connectivity index (χ4n) is 3.19. The Morgan fingerprint density at radius 3 is 2.53 bits per heavy atom. The number of aryl methyl sites for hydroxylation is 1. The lowest BCUT2D eigenvalue weighted by atomic mass is 10.1. The average Bonchev–Trinajstić information content (AvgIpc) is 3.42. The molecule has 1 amide bonds. The number of para-hydroxylation sites is 1. The number of carbonyl (C=O) groups excluding carboxylic acids is 1. The molecule has 0 radical (unpaired) electrons. The van der Waals surface area contributed by atoms with Crippen LogP contribution < -0.4 is 11.1 Å². The fourth-order valence-corrected chi connectivity index (χ4v) is 4.55. The molecule has 4 aromatic rings. The smallest absolute Gasteiger partial charge is 0.230 e. The number of hydrogen-bond acceptors (Lipinski definition) is 7. The van der Waals surface area contributed by atoms with Gasteiger partial charge in [-0.1, -0.05) is 61.2 Å². The summed E-state index contributed by atoms with van der Waals surface area (Å²) in [5.74, 6) is 0.952. The number of nitrogen functional groups attached to an aromatic ring is 1. The third-order valence-electron chi connectivity index (χ3n) is 4.88. The Kier molecular flexibility index (Phi) is 7.18. The van der Waals surface area contributed by atoms with Crippen LogP contribution in [-0.2, 0) is 24.2 Å². The Morgan fingerprint density at radius 2 is 1.84 bits per heavy atom. The second-order valence-electron chi connectivity index (χ2n) is 7.16. The number of thioether (sulfide) groups is 1. The van der Waals surface area contributed by atoms with Crippen LogP contribution >= 0.6 is 23.1 Å². The van der Waals surface area contributed by atoms with Crippen LogP contribution in [0.25, 0.3) is 5.69 Å². The van der Waals surface area contributed by atoms with E-state index in [0.717, 1.165) is 29.2 Å². The molecule has 0 aliphatic heterocycles. The molecule has 0 aliphatic rings. The molecule has 7 nitrogen and oxygen atoms in total. The Hall–Kier alpha value is -3.17. The first kappa shape index (κ1) is 22.0. The normalized spacial score (nSPS) is 10.9. The summed E-state index contributed by atoms with van der Waals surface area (Å²) in [6.45, 7) is 2.63. The monoisotopic (exact) mass is 464 g/mol. The zero-order chi connectivity index (χ0) is 22.3. The molecule has 2 aromatic heterocycles. The van der Waals surface area contributed by atoms with E-state index in [9.17, 15) is 4.79 Å². The molecule has 2 aromatic carbocycles. The lowest BCUT2D eigenvalue weighted by molar-refractivity contribution is -0.118. The average molecular weight is 465 g/mol. The molecule has 0 spiro atoms. The van der Waals surface area contributed by atoms with Gasteiger partial charge < -0.3 is 11.1 Å². The van der Waals surface area contributed by atoms with Gasteiger partial charge >= 0.3 is 0 Å². The van der Waals surface area contributed by atoms with E-state index in [1.807, 2.05) is 40.3 Å². The Bertz CT molecular complexity index is 1170. The van der Waals surface area contributed by atoms with Gasteiger partial charge in [-0.3, -0.25) is 9.36 Å². The second-order valence-corrected chi connectivity index (χ2v) is 8.99. The summed E-state index contributed by atoms with van der Waals surface area (Å²) >= 11 is 2.77. The zero-order valence-corrected chi connectivity index (χ0v) is 19.3. The van der Waals surface area contributed by atoms with E-state index in [1.165, 1.54) is 28.7 Å². The number of benzene rings is 2. The summed E-state index contributed by atoms with van der Waals surface area (Å²) in [6.07, 6.45) is 1.51. The summed E-state index contributed by atoms with van der Waals surface area (Å²) in [4.78, 5) is 16.8. The quantitative estimate of drug-likeness (QED) is 0.365. The van der Waals surface area contributed by atoms with E-state index in [2.05, 4.69) is 51.7 Å². The van der Waals surface area contributed by atoms with E-state index in [0.29, 0.717) is 23.3 Å². The number of thiazole rings is 1. The van der Waals surface area contributed by atoms with Gasteiger partial charge in [0.05, 0.1) is 17.9 Å². The van der Waals surface area contributed by atoms with Gasteiger partial charge in [-0.25, -0.2) is 4.98 Å². The highest BCUT2D eigenvalue weighted by Gasteiger charge is 2.17. The van der Waals surface area contributed by atoms with Gasteiger partial charge in [0.2, 0.25) is 5.91 Å². The molecule has 0 saturated heterocycles. The molecule has 32 heavy (non-hydrogen) atoms. The number of carbonyl (C=O) groups is 1. The third-order valence-corrected chi connectivity index (χ3v) is 6.53. The maximum absolute atomic E-state index is 12.4. The number of amides is 1. The molecule has 0 unspecified atom stereocenters. The van der Waals surface area contributed by atoms with Crippen LogP contribution in [0.5, 0.6) is 0 Å². The van der Waals surface area contributed by atoms with Crippen LogP contribution in [0.15, 0.2) is 65.1 Å². The highest BCUT2D eigenvalue weighted by molar-refractivity contribution is 7.99. The van der Waals surface area contributed by atoms with Gasteiger partial charge in [-0.2, -0.15) is 0 Å². The molecule has 0 atom stereocenters. The van der Waals surface area contributed by atoms with E-state index in [1.54, 1.807) is 0 Å². The van der Waals surface area contributed by atoms with Crippen molar-refractivity contribution < 1.29 is 4.79 Å². The first-order valence-electron chi connectivity index (χ1n) is 10.3. The highest BCUT2D eigenvalue weighted by Crippen LogP contribution is 2.24. The lowest BCUT2D eigenvalue weighted by Gasteiger charge is -2.10. The van der Waals surface area contributed by atoms with Crippen LogP contribution in [0.4, 0.5) is 5.13 Å². The van der Waals surface area contributed by atoms with Gasteiger partial charge in [0, 0.05) is 17.6 Å². The number of anilines is 1. The number of nitrogens with two attached hydrogens (primary N) is 1. The summed E-state index contributed by atoms with van der Waals surface area (Å²) in [5, 5.41) is 14.8. The van der Waals surface area contributed by atoms with Crippen molar-refractivity contribution in [2.24, 2.45) is 0 Å². The van der Waals surface area contributed by atoms with Gasteiger partial charge in [0.1, 0.15) is 5.82 Å². The highest BCUT2D eigenvalue weighted by atomic mass is 32.2. The molecule has 164 valence electrons. The van der Waals surface area contributed by atoms with Crippen molar-refractivity contribution >= 4 is 34.1 Å². The van der Waals surface area contributed by atoms with Gasteiger partial charge in [0.25, 0.3) is 0 Å². The van der Waals surface area contributed by atoms with Crippen molar-refractivity contribution in [2.75, 3.05) is 11.5 Å². The maximum atomic E-state index is 12.4. The summed E-state index contributed by atoms with van der Waals surface area (Å²) in [6, 6.07) is 18.2. The first-order valence-corrected chi connectivity index (χ1v) is 12.2. The molecule has 3 N–H and O–H groups in total. The molecule has 9 heteroatoms. The number of rotatable bonds is 9. The SMILES string of the molecule is CCc1ccc(CNC(=O)CSc2nnc(Cc3csc(N)n3)n2-c2ccccc2)cc1. The van der Waals surface area contributed by atoms with Crippen LogP contribution in [0, 0.1) is 0 Å². The van der Waals surface area contributed by atoms with E-state index in [-0.39, 0.29) is 11.7 Å². The minimum absolute atomic E-state index is 0.0500. The molecule has 0 bridgehead atoms. The van der Waals surface area contributed by atoms with E-state index >= 15 is 0 Å². The van der Waals surface area contributed by atoms with Crippen LogP contribution in [0.1, 0.15) is 29.6 Å². The Balaban J connectivity index is 1.43. The predicted molar refractivity (Wildman–Crippen MR) is 129 cm³/mol. The van der Waals surface area contributed by atoms with Gasteiger partial charge in [-0.05, 0) is 29.7 Å². The zero-order valence-electron chi connectivity index (χ0n) is 17.7. The molecule has 4 rings (SSSR count). The number of nitrogens with one attached hydrogen (secondary N) is 1. The molecular weight excluding hydrogens is 440 g/mol. The minimum atomic E-state index is -0.0500. The first-order chi connectivity index (χ1) is 15.6. The van der Waals surface area contributed by atoms with Crippen molar-refractivity contribution in [3.05, 3.63) is 82.6 Å². The van der Waals surface area contributed by atoms with Gasteiger partial charge in [-0.15, -0.1) is 21.5 Å². The standard InChI is InChI=1S/C23H24N6OS2/c1-2-16-8-10-17(11-9-16)13-25-21(30)15-32-23-28-27-20(12-18-14-31-22(24)26-18)29(23)19-6-4-3-5-7-19/h3-11,14H,2,12-13,15H2,1H3,(H2,24,26)(H,25,30). The maximum Gasteiger partial charge on any atom is 0.230 e. The molecule has 0 aliphatic carbocycles. The van der Waals surface area contributed by atoms with E-state index in [4.69, 9.17) is 5.73 Å². The number of hydrogen-bond donors (Lipinski definition) is 2. The minimum Gasteiger partial charge on any atom is -0.375 e. The fraction of sp³-hybridized carbons (Fsp3) is 0.217. The van der Waals surface area contributed by atoms with E-state index < -0.39 is 0 Å². The van der Waals surface area contributed by atoms with Crippen LogP contribution in [0.2, 0.25) is 0 Å². The van der Waals surface area contributed by atoms with Crippen molar-refractivity contribution in [1.29, 1.82) is 0 Å². The topological polar surface area (TPSA) is 98.7 Å². The third kappa shape index (κ3) is 5.54. The Labute approximate surface area is 195 Å². The summed E-state index contributed by atoms with van der Waals surface area (Å²) in [5.41, 5.74) is 9.92. The van der Waals surface area contributed by atoms with Crippen molar-refractivity contribution in [1.82, 2.24) is 25.1 Å². The molecule has 0 saturated carbocycles. The molecule has 0 fully saturated rings. The second kappa shape index (κ2) is 10.4. The number of aromatic nitrogens is 4. The summed E-state index contributed by atoms with van der Waals surface area (Å²) < 4.78 is 1.97. The van der Waals surface area contributed by atoms with Gasteiger partial charge in [0.15, 0.2) is 10.3 Å². The lowest BCUT2D eigenvalue weighted by Crippen LogP contribution is -2.24. The predicted octanol–water partition coefficient (Wildman–Crippen LogP) is 3.87.